The van der Waals surface area contributed by atoms with E-state index >= 15 is 0 Å². The predicted octanol–water partition coefficient (Wildman–Crippen LogP) is 5.42. The van der Waals surface area contributed by atoms with Gasteiger partial charge in [-0.25, -0.2) is 0 Å². The second kappa shape index (κ2) is 9.55. The van der Waals surface area contributed by atoms with Gasteiger partial charge in [0.2, 0.25) is 0 Å². The van der Waals surface area contributed by atoms with E-state index in [4.69, 9.17) is 0 Å². The van der Waals surface area contributed by atoms with Gasteiger partial charge < -0.3 is 0 Å². The molecule has 1 atom stereocenters. The summed E-state index contributed by atoms with van der Waals surface area (Å²) in [7, 11) is 0. The maximum Gasteiger partial charge on any atom is -0.0417 e. The molecule has 0 saturated heterocycles. The third kappa shape index (κ3) is 8.59. The first-order valence-electron chi connectivity index (χ1n) is 6.70. The maximum absolute atomic E-state index is 2.35. The molecule has 0 amide bonds. The lowest BCUT2D eigenvalue weighted by atomic mass is 9.92. The topological polar surface area (TPSA) is 0 Å². The highest BCUT2D eigenvalue weighted by atomic mass is 14.1. The largest absolute Gasteiger partial charge is 0.0654 e. The van der Waals surface area contributed by atoms with E-state index in [1.807, 2.05) is 0 Å². The average molecular weight is 198 g/mol. The summed E-state index contributed by atoms with van der Waals surface area (Å²) in [4.78, 5) is 0. The van der Waals surface area contributed by atoms with Crippen molar-refractivity contribution in [3.8, 4) is 0 Å². The summed E-state index contributed by atoms with van der Waals surface area (Å²) in [5, 5.41) is 0. The van der Waals surface area contributed by atoms with Gasteiger partial charge in [0.1, 0.15) is 0 Å². The minimum atomic E-state index is 0.894. The molecule has 0 aliphatic carbocycles. The van der Waals surface area contributed by atoms with Crippen LogP contribution in [0.15, 0.2) is 0 Å². The van der Waals surface area contributed by atoms with Crippen LogP contribution in [-0.2, 0) is 0 Å². The van der Waals surface area contributed by atoms with Crippen LogP contribution in [-0.4, -0.2) is 0 Å². The van der Waals surface area contributed by atoms with Crippen molar-refractivity contribution < 1.29 is 0 Å². The molecular formula is C14H30. The van der Waals surface area contributed by atoms with Gasteiger partial charge in [0.05, 0.1) is 0 Å². The van der Waals surface area contributed by atoms with E-state index in [1.165, 1.54) is 51.4 Å². The van der Waals surface area contributed by atoms with Gasteiger partial charge in [0.25, 0.3) is 0 Å². The Hall–Kier alpha value is 0. The SMILES string of the molecule is CCCCC(CC)CCCCC(C)C. The monoisotopic (exact) mass is 198 g/mol. The van der Waals surface area contributed by atoms with Gasteiger partial charge in [-0.3, -0.25) is 0 Å². The van der Waals surface area contributed by atoms with Gasteiger partial charge in [0.15, 0.2) is 0 Å². The summed E-state index contributed by atoms with van der Waals surface area (Å²) in [6.07, 6.45) is 11.5. The van der Waals surface area contributed by atoms with Crippen LogP contribution in [0.25, 0.3) is 0 Å². The Morgan fingerprint density at radius 1 is 0.786 bits per heavy atom. The zero-order chi connectivity index (χ0) is 10.8. The average Bonchev–Trinajstić information content (AvgIpc) is 2.16. The quantitative estimate of drug-likeness (QED) is 0.434. The van der Waals surface area contributed by atoms with Crippen LogP contribution in [0.5, 0.6) is 0 Å². The fraction of sp³-hybridized carbons (Fsp3) is 1.00. The second-order valence-corrected chi connectivity index (χ2v) is 5.09. The van der Waals surface area contributed by atoms with Gasteiger partial charge >= 0.3 is 0 Å². The highest BCUT2D eigenvalue weighted by molar-refractivity contribution is 4.58. The molecule has 0 aliphatic rings. The van der Waals surface area contributed by atoms with E-state index in [-0.39, 0.29) is 0 Å². The molecule has 0 N–H and O–H groups in total. The van der Waals surface area contributed by atoms with Crippen molar-refractivity contribution in [2.45, 2.75) is 79.1 Å². The summed E-state index contributed by atoms with van der Waals surface area (Å²) < 4.78 is 0. The molecule has 0 spiro atoms. The van der Waals surface area contributed by atoms with Crippen LogP contribution in [0.4, 0.5) is 0 Å². The molecule has 0 saturated carbocycles. The molecule has 0 aromatic heterocycles. The van der Waals surface area contributed by atoms with E-state index in [1.54, 1.807) is 0 Å². The molecule has 0 aromatic rings. The lowest BCUT2D eigenvalue weighted by Crippen LogP contribution is -1.99. The highest BCUT2D eigenvalue weighted by Gasteiger charge is 2.05. The van der Waals surface area contributed by atoms with Crippen molar-refractivity contribution in [1.82, 2.24) is 0 Å². The first kappa shape index (κ1) is 14.0. The van der Waals surface area contributed by atoms with E-state index in [0.717, 1.165) is 11.8 Å². The van der Waals surface area contributed by atoms with Crippen molar-refractivity contribution in [1.29, 1.82) is 0 Å². The molecule has 0 fully saturated rings. The summed E-state index contributed by atoms with van der Waals surface area (Å²) in [5.41, 5.74) is 0. The summed E-state index contributed by atoms with van der Waals surface area (Å²) >= 11 is 0. The Kier molecular flexibility index (Phi) is 9.55. The first-order chi connectivity index (χ1) is 6.70. The van der Waals surface area contributed by atoms with Crippen molar-refractivity contribution in [2.24, 2.45) is 11.8 Å². The Morgan fingerprint density at radius 3 is 1.86 bits per heavy atom. The number of hydrogen-bond acceptors (Lipinski definition) is 0. The molecule has 0 aromatic carbocycles. The maximum atomic E-state index is 2.35. The Labute approximate surface area is 91.5 Å². The third-order valence-electron chi connectivity index (χ3n) is 3.19. The first-order valence-corrected chi connectivity index (χ1v) is 6.70. The fourth-order valence-corrected chi connectivity index (χ4v) is 2.03. The third-order valence-corrected chi connectivity index (χ3v) is 3.19. The minimum Gasteiger partial charge on any atom is -0.0654 e. The Bertz CT molecular complexity index is 105. The number of hydrogen-bond donors (Lipinski definition) is 0. The van der Waals surface area contributed by atoms with Crippen LogP contribution < -0.4 is 0 Å². The standard InChI is InChI=1S/C14H30/c1-5-7-11-14(6-2)12-9-8-10-13(3)4/h13-14H,5-12H2,1-4H3. The number of rotatable bonds is 9. The van der Waals surface area contributed by atoms with Gasteiger partial charge in [0, 0.05) is 0 Å². The Morgan fingerprint density at radius 2 is 1.36 bits per heavy atom. The van der Waals surface area contributed by atoms with Crippen molar-refractivity contribution in [3.05, 3.63) is 0 Å². The van der Waals surface area contributed by atoms with Gasteiger partial charge in [-0.1, -0.05) is 79.1 Å². The van der Waals surface area contributed by atoms with E-state index < -0.39 is 0 Å². The highest BCUT2D eigenvalue weighted by Crippen LogP contribution is 2.20. The normalized spacial score (nSPS) is 13.5. The summed E-state index contributed by atoms with van der Waals surface area (Å²) in [6, 6.07) is 0. The van der Waals surface area contributed by atoms with Crippen molar-refractivity contribution in [2.75, 3.05) is 0 Å². The molecule has 14 heavy (non-hydrogen) atoms. The molecule has 0 heteroatoms. The van der Waals surface area contributed by atoms with E-state index in [0.29, 0.717) is 0 Å². The minimum absolute atomic E-state index is 0.894. The van der Waals surface area contributed by atoms with Crippen LogP contribution in [0, 0.1) is 11.8 Å². The fourth-order valence-electron chi connectivity index (χ4n) is 2.03. The van der Waals surface area contributed by atoms with Gasteiger partial charge in [-0.2, -0.15) is 0 Å². The van der Waals surface area contributed by atoms with E-state index in [2.05, 4.69) is 27.7 Å². The predicted molar refractivity (Wildman–Crippen MR) is 66.6 cm³/mol. The smallest absolute Gasteiger partial charge is 0.0417 e. The molecule has 0 aliphatic heterocycles. The van der Waals surface area contributed by atoms with Gasteiger partial charge in [-0.15, -0.1) is 0 Å². The molecule has 0 rings (SSSR count). The molecule has 0 radical (unpaired) electrons. The van der Waals surface area contributed by atoms with Crippen molar-refractivity contribution in [3.63, 3.8) is 0 Å². The van der Waals surface area contributed by atoms with Gasteiger partial charge in [-0.05, 0) is 11.8 Å². The molecular weight excluding hydrogens is 168 g/mol. The lowest BCUT2D eigenvalue weighted by molar-refractivity contribution is 0.393. The summed E-state index contributed by atoms with van der Waals surface area (Å²) in [5.74, 6) is 1.91. The molecule has 0 nitrogen and oxygen atoms in total. The Balaban J connectivity index is 3.33. The van der Waals surface area contributed by atoms with E-state index in [9.17, 15) is 0 Å². The molecule has 0 bridgehead atoms. The van der Waals surface area contributed by atoms with Crippen LogP contribution in [0.1, 0.15) is 79.1 Å². The summed E-state index contributed by atoms with van der Waals surface area (Å²) in [6.45, 7) is 9.30. The van der Waals surface area contributed by atoms with Crippen LogP contribution in [0.3, 0.4) is 0 Å². The van der Waals surface area contributed by atoms with Crippen LogP contribution in [0.2, 0.25) is 0 Å². The number of unbranched alkanes of at least 4 members (excludes halogenated alkanes) is 2. The second-order valence-electron chi connectivity index (χ2n) is 5.09. The zero-order valence-electron chi connectivity index (χ0n) is 10.8. The lowest BCUT2D eigenvalue weighted by Gasteiger charge is -2.14. The molecule has 86 valence electrons. The van der Waals surface area contributed by atoms with Crippen molar-refractivity contribution >= 4 is 0 Å². The molecule has 1 unspecified atom stereocenters. The molecule has 0 heterocycles. The van der Waals surface area contributed by atoms with Crippen LogP contribution >= 0.6 is 0 Å². The zero-order valence-corrected chi connectivity index (χ0v) is 10.8.